The summed E-state index contributed by atoms with van der Waals surface area (Å²) in [4.78, 5) is 24.7. The van der Waals surface area contributed by atoms with E-state index >= 15 is 0 Å². The second-order valence-corrected chi connectivity index (χ2v) is 12.5. The summed E-state index contributed by atoms with van der Waals surface area (Å²) in [7, 11) is 0. The number of esters is 2. The van der Waals surface area contributed by atoms with Crippen LogP contribution in [-0.2, 0) is 23.8 Å². The van der Waals surface area contributed by atoms with E-state index in [0.717, 1.165) is 89.9 Å². The lowest BCUT2D eigenvalue weighted by Crippen LogP contribution is -2.30. The molecule has 0 heterocycles. The standard InChI is InChI=1S/C43H72O5/c1-4-7-10-13-15-16-17-18-19-20-21-22-23-24-25-26-27-29-32-35-38-46-39-41(48-43(45)37-34-30-12-9-6-3)40-47-42(44)36-33-31-28-14-11-8-5-2/h7,10,15-16,18-19,21-22,24-25,27,29,41H,4-6,8-9,11-14,17,20,23,26,28,30-40H2,1-3H3/b10-7-,16-15-,19-18-,22-21-,25-24-,29-27-. The molecule has 5 heteroatoms. The first-order valence-electron chi connectivity index (χ1n) is 19.5. The Hall–Kier alpha value is -2.66. The maximum atomic E-state index is 12.4. The number of allylic oxidation sites excluding steroid dienone is 12. The SMILES string of the molecule is CC/C=C\C/C=C\C/C=C\C/C=C\C/C=C\C/C=C\CCCOCC(COC(=O)CCCCCCCCC)OC(=O)CCCCCCC. The van der Waals surface area contributed by atoms with Crippen molar-refractivity contribution in [3.8, 4) is 0 Å². The Morgan fingerprint density at radius 1 is 0.479 bits per heavy atom. The molecular formula is C43H72O5. The van der Waals surface area contributed by atoms with Gasteiger partial charge >= 0.3 is 11.9 Å². The van der Waals surface area contributed by atoms with Crippen molar-refractivity contribution in [1.82, 2.24) is 0 Å². The molecule has 0 radical (unpaired) electrons. The summed E-state index contributed by atoms with van der Waals surface area (Å²) in [6, 6.07) is 0. The van der Waals surface area contributed by atoms with Gasteiger partial charge in [0.1, 0.15) is 6.61 Å². The minimum atomic E-state index is -0.558. The van der Waals surface area contributed by atoms with Crippen molar-refractivity contribution < 1.29 is 23.8 Å². The van der Waals surface area contributed by atoms with Crippen molar-refractivity contribution in [2.45, 2.75) is 168 Å². The lowest BCUT2D eigenvalue weighted by molar-refractivity contribution is -0.163. The predicted molar refractivity (Wildman–Crippen MR) is 205 cm³/mol. The molecule has 0 aliphatic rings. The first kappa shape index (κ1) is 45.3. The van der Waals surface area contributed by atoms with E-state index in [2.05, 4.69) is 93.7 Å². The fourth-order valence-electron chi connectivity index (χ4n) is 4.88. The number of rotatable bonds is 34. The first-order chi connectivity index (χ1) is 23.6. The van der Waals surface area contributed by atoms with E-state index in [1.165, 1.54) is 38.5 Å². The normalized spacial score (nSPS) is 13.0. The van der Waals surface area contributed by atoms with E-state index in [-0.39, 0.29) is 25.2 Å². The van der Waals surface area contributed by atoms with Gasteiger partial charge in [-0.2, -0.15) is 0 Å². The van der Waals surface area contributed by atoms with Crippen LogP contribution >= 0.6 is 0 Å². The first-order valence-corrected chi connectivity index (χ1v) is 19.5. The van der Waals surface area contributed by atoms with Crippen LogP contribution < -0.4 is 0 Å². The minimum Gasteiger partial charge on any atom is -0.462 e. The van der Waals surface area contributed by atoms with E-state index in [0.29, 0.717) is 19.4 Å². The molecule has 0 saturated carbocycles. The van der Waals surface area contributed by atoms with Gasteiger partial charge in [0.2, 0.25) is 0 Å². The van der Waals surface area contributed by atoms with Gasteiger partial charge in [-0.15, -0.1) is 0 Å². The van der Waals surface area contributed by atoms with Crippen LogP contribution in [0.15, 0.2) is 72.9 Å². The fourth-order valence-corrected chi connectivity index (χ4v) is 4.88. The van der Waals surface area contributed by atoms with Gasteiger partial charge < -0.3 is 14.2 Å². The van der Waals surface area contributed by atoms with E-state index in [4.69, 9.17) is 14.2 Å². The molecule has 48 heavy (non-hydrogen) atoms. The second kappa shape index (κ2) is 38.8. The van der Waals surface area contributed by atoms with E-state index < -0.39 is 6.10 Å². The molecule has 0 amide bonds. The van der Waals surface area contributed by atoms with E-state index in [1.54, 1.807) is 0 Å². The summed E-state index contributed by atoms with van der Waals surface area (Å²) in [5.74, 6) is -0.456. The maximum Gasteiger partial charge on any atom is 0.306 e. The van der Waals surface area contributed by atoms with Gasteiger partial charge in [-0.05, 0) is 64.2 Å². The highest BCUT2D eigenvalue weighted by Gasteiger charge is 2.17. The highest BCUT2D eigenvalue weighted by molar-refractivity contribution is 5.70. The molecular weight excluding hydrogens is 596 g/mol. The van der Waals surface area contributed by atoms with Gasteiger partial charge in [0.15, 0.2) is 6.10 Å². The summed E-state index contributed by atoms with van der Waals surface area (Å²) >= 11 is 0. The highest BCUT2D eigenvalue weighted by atomic mass is 16.6. The molecule has 0 spiro atoms. The Labute approximate surface area is 296 Å². The molecule has 0 fully saturated rings. The Balaban J connectivity index is 4.18. The molecule has 0 N–H and O–H groups in total. The summed E-state index contributed by atoms with van der Waals surface area (Å²) < 4.78 is 17.0. The van der Waals surface area contributed by atoms with Crippen LogP contribution in [-0.4, -0.2) is 37.9 Å². The zero-order chi connectivity index (χ0) is 35.0. The van der Waals surface area contributed by atoms with Crippen molar-refractivity contribution >= 4 is 11.9 Å². The quantitative estimate of drug-likeness (QED) is 0.0388. The minimum absolute atomic E-state index is 0.0596. The topological polar surface area (TPSA) is 61.8 Å². The smallest absolute Gasteiger partial charge is 0.306 e. The molecule has 0 saturated heterocycles. The van der Waals surface area contributed by atoms with Crippen LogP contribution in [0.3, 0.4) is 0 Å². The van der Waals surface area contributed by atoms with Gasteiger partial charge in [0.25, 0.3) is 0 Å². The number of ether oxygens (including phenoxy) is 3. The molecule has 0 aliphatic carbocycles. The fraction of sp³-hybridized carbons (Fsp3) is 0.674. The Kier molecular flexibility index (Phi) is 36.6. The summed E-state index contributed by atoms with van der Waals surface area (Å²) in [5, 5.41) is 0. The lowest BCUT2D eigenvalue weighted by atomic mass is 10.1. The molecule has 274 valence electrons. The Bertz CT molecular complexity index is 895. The maximum absolute atomic E-state index is 12.4. The van der Waals surface area contributed by atoms with Gasteiger partial charge in [-0.1, -0.05) is 158 Å². The van der Waals surface area contributed by atoms with Gasteiger partial charge in [0.05, 0.1) is 6.61 Å². The summed E-state index contributed by atoms with van der Waals surface area (Å²) in [6.45, 7) is 7.43. The summed E-state index contributed by atoms with van der Waals surface area (Å²) in [5.41, 5.74) is 0. The molecule has 1 atom stereocenters. The van der Waals surface area contributed by atoms with Crippen molar-refractivity contribution in [3.63, 3.8) is 0 Å². The van der Waals surface area contributed by atoms with E-state index in [1.807, 2.05) is 0 Å². The second-order valence-electron chi connectivity index (χ2n) is 12.5. The molecule has 0 rings (SSSR count). The van der Waals surface area contributed by atoms with Crippen LogP contribution in [0.5, 0.6) is 0 Å². The molecule has 0 aromatic heterocycles. The number of hydrogen-bond acceptors (Lipinski definition) is 5. The number of hydrogen-bond donors (Lipinski definition) is 0. The van der Waals surface area contributed by atoms with Gasteiger partial charge in [-0.3, -0.25) is 9.59 Å². The average molecular weight is 669 g/mol. The van der Waals surface area contributed by atoms with Crippen molar-refractivity contribution in [1.29, 1.82) is 0 Å². The molecule has 5 nitrogen and oxygen atoms in total. The van der Waals surface area contributed by atoms with Gasteiger partial charge in [0, 0.05) is 19.4 Å². The van der Waals surface area contributed by atoms with Crippen LogP contribution in [0.25, 0.3) is 0 Å². The molecule has 0 aromatic rings. The third kappa shape index (κ3) is 36.2. The third-order valence-corrected chi connectivity index (χ3v) is 7.76. The van der Waals surface area contributed by atoms with Crippen LogP contribution in [0, 0.1) is 0 Å². The predicted octanol–water partition coefficient (Wildman–Crippen LogP) is 12.4. The zero-order valence-corrected chi connectivity index (χ0v) is 31.2. The van der Waals surface area contributed by atoms with Crippen LogP contribution in [0.2, 0.25) is 0 Å². The van der Waals surface area contributed by atoms with Crippen molar-refractivity contribution in [2.75, 3.05) is 19.8 Å². The lowest BCUT2D eigenvalue weighted by Gasteiger charge is -2.18. The van der Waals surface area contributed by atoms with Crippen LogP contribution in [0.1, 0.15) is 162 Å². The van der Waals surface area contributed by atoms with Crippen molar-refractivity contribution in [3.05, 3.63) is 72.9 Å². The van der Waals surface area contributed by atoms with E-state index in [9.17, 15) is 9.59 Å². The van der Waals surface area contributed by atoms with Crippen LogP contribution in [0.4, 0.5) is 0 Å². The van der Waals surface area contributed by atoms with Gasteiger partial charge in [-0.25, -0.2) is 0 Å². The molecule has 1 unspecified atom stereocenters. The average Bonchev–Trinajstić information content (AvgIpc) is 3.08. The van der Waals surface area contributed by atoms with Crippen molar-refractivity contribution in [2.24, 2.45) is 0 Å². The number of carbonyl (C=O) groups is 2. The molecule has 0 aromatic carbocycles. The summed E-state index contributed by atoms with van der Waals surface area (Å²) in [6.07, 6.45) is 48.0. The number of unbranched alkanes of at least 4 members (excludes halogenated alkanes) is 11. The molecule has 0 bridgehead atoms. The highest BCUT2D eigenvalue weighted by Crippen LogP contribution is 2.11. The monoisotopic (exact) mass is 669 g/mol. The zero-order valence-electron chi connectivity index (χ0n) is 31.2. The largest absolute Gasteiger partial charge is 0.462 e. The number of carbonyl (C=O) groups excluding carboxylic acids is 2. The molecule has 0 aliphatic heterocycles. The Morgan fingerprint density at radius 3 is 1.42 bits per heavy atom. The third-order valence-electron chi connectivity index (χ3n) is 7.76. The Morgan fingerprint density at radius 2 is 0.917 bits per heavy atom.